The number of carbonyl (C=O) groups is 1. The second-order valence-corrected chi connectivity index (χ2v) is 8.76. The molecule has 0 bridgehead atoms. The highest BCUT2D eigenvalue weighted by atomic mass is 32.1. The number of carbonyl (C=O) groups excluding carboxylic acids is 1. The Bertz CT molecular complexity index is 985. The van der Waals surface area contributed by atoms with E-state index in [4.69, 9.17) is 0 Å². The predicted molar refractivity (Wildman–Crippen MR) is 112 cm³/mol. The molecule has 2 atom stereocenters. The summed E-state index contributed by atoms with van der Waals surface area (Å²) < 4.78 is 14.4. The molecule has 3 aromatic rings. The van der Waals surface area contributed by atoms with Crippen molar-refractivity contribution in [1.29, 1.82) is 0 Å². The zero-order chi connectivity index (χ0) is 19.7. The molecule has 28 heavy (non-hydrogen) atoms. The summed E-state index contributed by atoms with van der Waals surface area (Å²) in [6.07, 6.45) is 3.69. The van der Waals surface area contributed by atoms with E-state index in [1.807, 2.05) is 13.1 Å². The van der Waals surface area contributed by atoms with Crippen molar-refractivity contribution in [3.63, 3.8) is 0 Å². The zero-order valence-electron chi connectivity index (χ0n) is 16.1. The molecule has 4 nitrogen and oxygen atoms in total. The first-order valence-electron chi connectivity index (χ1n) is 9.67. The summed E-state index contributed by atoms with van der Waals surface area (Å²) >= 11 is 1.77. The van der Waals surface area contributed by atoms with Crippen LogP contribution in [0.3, 0.4) is 0 Å². The number of halogens is 1. The normalized spacial score (nSPS) is 18.2. The van der Waals surface area contributed by atoms with Gasteiger partial charge in [-0.3, -0.25) is 4.79 Å². The molecule has 1 aromatic carbocycles. The van der Waals surface area contributed by atoms with E-state index in [-0.39, 0.29) is 23.7 Å². The van der Waals surface area contributed by atoms with E-state index in [1.54, 1.807) is 23.5 Å². The monoisotopic (exact) mass is 397 g/mol. The van der Waals surface area contributed by atoms with Crippen LogP contribution in [0.15, 0.2) is 42.6 Å². The van der Waals surface area contributed by atoms with Gasteiger partial charge in [0.15, 0.2) is 0 Å². The van der Waals surface area contributed by atoms with Crippen LogP contribution in [-0.4, -0.2) is 24.0 Å². The maximum atomic E-state index is 13.1. The lowest BCUT2D eigenvalue weighted by molar-refractivity contribution is -0.125. The summed E-state index contributed by atoms with van der Waals surface area (Å²) in [6, 6.07) is 10.4. The standard InChI is InChI=1S/C22H24FN3OS/c1-14-12-19-20(28-14)9-10-24-21(19)26-11-3-4-17(13-26)22(27)25-15(2)16-5-7-18(23)8-6-16/h5-10,12,15,17H,3-4,11,13H2,1-2H3,(H,25,27)/t15-,17+/m0/s1. The second kappa shape index (κ2) is 7.87. The van der Waals surface area contributed by atoms with Gasteiger partial charge < -0.3 is 10.2 Å². The van der Waals surface area contributed by atoms with Crippen LogP contribution in [0, 0.1) is 18.7 Å². The maximum Gasteiger partial charge on any atom is 0.225 e. The number of aromatic nitrogens is 1. The molecule has 6 heteroatoms. The minimum Gasteiger partial charge on any atom is -0.355 e. The van der Waals surface area contributed by atoms with E-state index in [9.17, 15) is 9.18 Å². The van der Waals surface area contributed by atoms with Gasteiger partial charge in [0.05, 0.1) is 12.0 Å². The van der Waals surface area contributed by atoms with Gasteiger partial charge in [-0.15, -0.1) is 11.3 Å². The van der Waals surface area contributed by atoms with Gasteiger partial charge in [0, 0.05) is 34.2 Å². The van der Waals surface area contributed by atoms with Crippen molar-refractivity contribution in [3.05, 3.63) is 58.9 Å². The van der Waals surface area contributed by atoms with Gasteiger partial charge in [-0.25, -0.2) is 9.37 Å². The average molecular weight is 398 g/mol. The number of anilines is 1. The molecule has 1 aliphatic rings. The number of piperidine rings is 1. The van der Waals surface area contributed by atoms with Crippen molar-refractivity contribution in [2.45, 2.75) is 32.7 Å². The lowest BCUT2D eigenvalue weighted by Crippen LogP contribution is -2.44. The van der Waals surface area contributed by atoms with Crippen LogP contribution >= 0.6 is 11.3 Å². The molecule has 1 amide bonds. The summed E-state index contributed by atoms with van der Waals surface area (Å²) in [5, 5.41) is 4.26. The number of nitrogens with one attached hydrogen (secondary N) is 1. The third-order valence-electron chi connectivity index (χ3n) is 5.37. The summed E-state index contributed by atoms with van der Waals surface area (Å²) in [5.41, 5.74) is 0.905. The Labute approximate surface area is 168 Å². The number of pyridine rings is 1. The van der Waals surface area contributed by atoms with Crippen LogP contribution in [0.4, 0.5) is 10.2 Å². The van der Waals surface area contributed by atoms with Crippen molar-refractivity contribution >= 4 is 33.1 Å². The second-order valence-electron chi connectivity index (χ2n) is 7.47. The minimum absolute atomic E-state index is 0.0511. The number of rotatable bonds is 4. The van der Waals surface area contributed by atoms with Crippen LogP contribution in [0.5, 0.6) is 0 Å². The quantitative estimate of drug-likeness (QED) is 0.685. The van der Waals surface area contributed by atoms with Gasteiger partial charge in [-0.05, 0) is 56.5 Å². The fourth-order valence-electron chi connectivity index (χ4n) is 3.88. The zero-order valence-corrected chi connectivity index (χ0v) is 16.9. The molecule has 1 fully saturated rings. The number of thiophene rings is 1. The molecule has 2 aromatic heterocycles. The Morgan fingerprint density at radius 1 is 1.32 bits per heavy atom. The fraction of sp³-hybridized carbons (Fsp3) is 0.364. The molecule has 1 aliphatic heterocycles. The number of amides is 1. The predicted octanol–water partition coefficient (Wildman–Crippen LogP) is 4.84. The number of hydrogen-bond donors (Lipinski definition) is 1. The number of benzene rings is 1. The molecule has 0 radical (unpaired) electrons. The van der Waals surface area contributed by atoms with Crippen molar-refractivity contribution in [3.8, 4) is 0 Å². The molecule has 1 saturated heterocycles. The van der Waals surface area contributed by atoms with Gasteiger partial charge in [-0.2, -0.15) is 0 Å². The third kappa shape index (κ3) is 3.87. The molecular formula is C22H24FN3OS. The SMILES string of the molecule is Cc1cc2c(N3CCC[C@@H](C(=O)N[C@@H](C)c4ccc(F)cc4)C3)nccc2s1. The van der Waals surface area contributed by atoms with E-state index in [0.717, 1.165) is 30.8 Å². The van der Waals surface area contributed by atoms with E-state index < -0.39 is 0 Å². The summed E-state index contributed by atoms with van der Waals surface area (Å²) in [7, 11) is 0. The summed E-state index contributed by atoms with van der Waals surface area (Å²) in [5.74, 6) is 0.685. The molecule has 146 valence electrons. The molecule has 0 saturated carbocycles. The van der Waals surface area contributed by atoms with E-state index in [0.29, 0.717) is 6.54 Å². The van der Waals surface area contributed by atoms with Crippen LogP contribution in [0.25, 0.3) is 10.1 Å². The number of aryl methyl sites for hydroxylation is 1. The lowest BCUT2D eigenvalue weighted by Gasteiger charge is -2.33. The lowest BCUT2D eigenvalue weighted by atomic mass is 9.96. The Hall–Kier alpha value is -2.47. The van der Waals surface area contributed by atoms with Crippen molar-refractivity contribution in [1.82, 2.24) is 10.3 Å². The largest absolute Gasteiger partial charge is 0.355 e. The first-order valence-corrected chi connectivity index (χ1v) is 10.5. The molecule has 3 heterocycles. The summed E-state index contributed by atoms with van der Waals surface area (Å²) in [4.78, 5) is 21.0. The van der Waals surface area contributed by atoms with Crippen molar-refractivity contribution < 1.29 is 9.18 Å². The van der Waals surface area contributed by atoms with Gasteiger partial charge in [0.1, 0.15) is 11.6 Å². The van der Waals surface area contributed by atoms with E-state index >= 15 is 0 Å². The topological polar surface area (TPSA) is 45.2 Å². The Kier molecular flexibility index (Phi) is 5.31. The number of nitrogens with zero attached hydrogens (tertiary/aromatic N) is 2. The van der Waals surface area contributed by atoms with Crippen LogP contribution in [0.2, 0.25) is 0 Å². The Morgan fingerprint density at radius 3 is 2.89 bits per heavy atom. The molecule has 0 unspecified atom stereocenters. The average Bonchev–Trinajstić information content (AvgIpc) is 3.08. The highest BCUT2D eigenvalue weighted by Gasteiger charge is 2.28. The first kappa shape index (κ1) is 18.9. The van der Waals surface area contributed by atoms with E-state index in [1.165, 1.54) is 27.1 Å². The van der Waals surface area contributed by atoms with Gasteiger partial charge in [-0.1, -0.05) is 12.1 Å². The maximum absolute atomic E-state index is 13.1. The molecule has 1 N–H and O–H groups in total. The van der Waals surface area contributed by atoms with Gasteiger partial charge in [0.2, 0.25) is 5.91 Å². The Morgan fingerprint density at radius 2 is 2.11 bits per heavy atom. The first-order chi connectivity index (χ1) is 13.5. The summed E-state index contributed by atoms with van der Waals surface area (Å²) in [6.45, 7) is 5.63. The van der Waals surface area contributed by atoms with Gasteiger partial charge in [0.25, 0.3) is 0 Å². The van der Waals surface area contributed by atoms with E-state index in [2.05, 4.69) is 34.3 Å². The molecule has 0 spiro atoms. The van der Waals surface area contributed by atoms with Crippen LogP contribution < -0.4 is 10.2 Å². The third-order valence-corrected chi connectivity index (χ3v) is 6.38. The molecule has 0 aliphatic carbocycles. The van der Waals surface area contributed by atoms with Gasteiger partial charge >= 0.3 is 0 Å². The van der Waals surface area contributed by atoms with Crippen LogP contribution in [-0.2, 0) is 4.79 Å². The molecular weight excluding hydrogens is 373 g/mol. The Balaban J connectivity index is 1.47. The minimum atomic E-state index is -0.268. The number of hydrogen-bond acceptors (Lipinski definition) is 4. The highest BCUT2D eigenvalue weighted by molar-refractivity contribution is 7.19. The highest BCUT2D eigenvalue weighted by Crippen LogP contribution is 2.33. The molecule has 4 rings (SSSR count). The fourth-order valence-corrected chi connectivity index (χ4v) is 4.79. The van der Waals surface area contributed by atoms with Crippen molar-refractivity contribution in [2.75, 3.05) is 18.0 Å². The van der Waals surface area contributed by atoms with Crippen molar-refractivity contribution in [2.24, 2.45) is 5.92 Å². The number of fused-ring (bicyclic) bond motifs is 1. The van der Waals surface area contributed by atoms with Crippen LogP contribution in [0.1, 0.15) is 36.2 Å². The smallest absolute Gasteiger partial charge is 0.225 e.